The summed E-state index contributed by atoms with van der Waals surface area (Å²) in [7, 11) is 1.50. The van der Waals surface area contributed by atoms with E-state index in [-0.39, 0.29) is 0 Å². The number of carbonyl (C=O) groups excluding carboxylic acids is 1. The lowest BCUT2D eigenvalue weighted by Crippen LogP contribution is -2.33. The first-order valence-corrected chi connectivity index (χ1v) is 5.36. The Kier molecular flexibility index (Phi) is 4.53. The zero-order chi connectivity index (χ0) is 13.7. The molecule has 3 N–H and O–H groups in total. The molecule has 0 aliphatic carbocycles. The zero-order valence-electron chi connectivity index (χ0n) is 10.5. The van der Waals surface area contributed by atoms with Gasteiger partial charge in [-0.2, -0.15) is 0 Å². The Morgan fingerprint density at radius 1 is 1.28 bits per heavy atom. The van der Waals surface area contributed by atoms with E-state index >= 15 is 0 Å². The molecule has 0 spiro atoms. The SMILES string of the molecule is COc1cc(C)c(C)cc1NC(=O)NCC(=O)O. The van der Waals surface area contributed by atoms with Crippen molar-refractivity contribution in [3.8, 4) is 5.75 Å². The number of methoxy groups -OCH3 is 1. The number of hydrogen-bond donors (Lipinski definition) is 3. The molecule has 0 unspecified atom stereocenters. The molecule has 1 aromatic rings. The standard InChI is InChI=1S/C12H16N2O4/c1-7-4-9(10(18-3)5-8(7)2)14-12(17)13-6-11(15)16/h4-5H,6H2,1-3H3,(H,15,16)(H2,13,14,17). The van der Waals surface area contributed by atoms with Gasteiger partial charge in [0.05, 0.1) is 12.8 Å². The number of anilines is 1. The normalized spacial score (nSPS) is 9.72. The Labute approximate surface area is 105 Å². The molecule has 1 rings (SSSR count). The van der Waals surface area contributed by atoms with Gasteiger partial charge in [0.25, 0.3) is 0 Å². The minimum absolute atomic E-state index is 0.432. The first-order valence-electron chi connectivity index (χ1n) is 5.36. The summed E-state index contributed by atoms with van der Waals surface area (Å²) in [5, 5.41) is 13.2. The van der Waals surface area contributed by atoms with E-state index < -0.39 is 18.5 Å². The summed E-state index contributed by atoms with van der Waals surface area (Å²) in [6.45, 7) is 3.42. The van der Waals surface area contributed by atoms with Gasteiger partial charge in [0, 0.05) is 0 Å². The fourth-order valence-electron chi connectivity index (χ4n) is 1.38. The Hall–Kier alpha value is -2.24. The number of aryl methyl sites for hydroxylation is 2. The van der Waals surface area contributed by atoms with Gasteiger partial charge >= 0.3 is 12.0 Å². The average Bonchev–Trinajstić information content (AvgIpc) is 2.31. The molecule has 0 aliphatic rings. The first-order chi connectivity index (χ1) is 8.43. The topological polar surface area (TPSA) is 87.7 Å². The molecule has 6 heteroatoms. The van der Waals surface area contributed by atoms with Crippen LogP contribution >= 0.6 is 0 Å². The van der Waals surface area contributed by atoms with Gasteiger partial charge in [-0.3, -0.25) is 4.79 Å². The minimum Gasteiger partial charge on any atom is -0.495 e. The van der Waals surface area contributed by atoms with Gasteiger partial charge in [0.2, 0.25) is 0 Å². The second-order valence-corrected chi connectivity index (χ2v) is 3.84. The highest BCUT2D eigenvalue weighted by Crippen LogP contribution is 2.27. The Balaban J connectivity index is 2.80. The molecule has 1 aromatic carbocycles. The van der Waals surface area contributed by atoms with E-state index in [1.54, 1.807) is 6.07 Å². The number of amides is 2. The van der Waals surface area contributed by atoms with Crippen LogP contribution in [-0.4, -0.2) is 30.8 Å². The number of carboxylic acid groups (broad SMARTS) is 1. The highest BCUT2D eigenvalue weighted by atomic mass is 16.5. The molecule has 0 radical (unpaired) electrons. The number of rotatable bonds is 4. The number of carbonyl (C=O) groups is 2. The fraction of sp³-hybridized carbons (Fsp3) is 0.333. The second-order valence-electron chi connectivity index (χ2n) is 3.84. The summed E-state index contributed by atoms with van der Waals surface area (Å²) in [5.41, 5.74) is 2.55. The molecule has 18 heavy (non-hydrogen) atoms. The third kappa shape index (κ3) is 3.65. The lowest BCUT2D eigenvalue weighted by molar-refractivity contribution is -0.135. The van der Waals surface area contributed by atoms with Crippen molar-refractivity contribution in [2.45, 2.75) is 13.8 Å². The van der Waals surface area contributed by atoms with Crippen molar-refractivity contribution in [3.05, 3.63) is 23.3 Å². The molecule has 0 atom stereocenters. The van der Waals surface area contributed by atoms with E-state index in [0.29, 0.717) is 11.4 Å². The van der Waals surface area contributed by atoms with E-state index in [0.717, 1.165) is 11.1 Å². The Morgan fingerprint density at radius 3 is 2.44 bits per heavy atom. The van der Waals surface area contributed by atoms with Crippen molar-refractivity contribution in [1.29, 1.82) is 0 Å². The minimum atomic E-state index is -1.10. The monoisotopic (exact) mass is 252 g/mol. The average molecular weight is 252 g/mol. The van der Waals surface area contributed by atoms with E-state index in [1.807, 2.05) is 19.9 Å². The molecule has 98 valence electrons. The van der Waals surface area contributed by atoms with Gasteiger partial charge in [-0.15, -0.1) is 0 Å². The largest absolute Gasteiger partial charge is 0.495 e. The molecule has 2 amide bonds. The number of benzene rings is 1. The fourth-order valence-corrected chi connectivity index (χ4v) is 1.38. The van der Waals surface area contributed by atoms with Crippen molar-refractivity contribution in [2.24, 2.45) is 0 Å². The van der Waals surface area contributed by atoms with Crippen LogP contribution in [0.15, 0.2) is 12.1 Å². The van der Waals surface area contributed by atoms with Gasteiger partial charge in [0.15, 0.2) is 0 Å². The highest BCUT2D eigenvalue weighted by Gasteiger charge is 2.10. The summed E-state index contributed by atoms with van der Waals surface area (Å²) in [6.07, 6.45) is 0. The molecule has 0 saturated heterocycles. The summed E-state index contributed by atoms with van der Waals surface area (Å²) >= 11 is 0. The molecule has 0 heterocycles. The Bertz CT molecular complexity index is 471. The molecule has 0 fully saturated rings. The van der Waals surface area contributed by atoms with Crippen LogP contribution in [0.1, 0.15) is 11.1 Å². The van der Waals surface area contributed by atoms with Crippen molar-refractivity contribution in [1.82, 2.24) is 5.32 Å². The predicted octanol–water partition coefficient (Wildman–Crippen LogP) is 1.52. The third-order valence-corrected chi connectivity index (χ3v) is 2.46. The van der Waals surface area contributed by atoms with Crippen molar-refractivity contribution in [2.75, 3.05) is 19.0 Å². The summed E-state index contributed by atoms with van der Waals surface area (Å²) in [4.78, 5) is 21.8. The number of urea groups is 1. The number of aliphatic carboxylic acids is 1. The molecule has 0 saturated carbocycles. The van der Waals surface area contributed by atoms with Gasteiger partial charge in [-0.05, 0) is 37.1 Å². The quantitative estimate of drug-likeness (QED) is 0.758. The van der Waals surface area contributed by atoms with Gasteiger partial charge in [0.1, 0.15) is 12.3 Å². The molecular formula is C12H16N2O4. The lowest BCUT2D eigenvalue weighted by Gasteiger charge is -2.13. The maximum Gasteiger partial charge on any atom is 0.323 e. The second kappa shape index (κ2) is 5.90. The van der Waals surface area contributed by atoms with Crippen LogP contribution in [0.25, 0.3) is 0 Å². The molecular weight excluding hydrogens is 236 g/mol. The molecule has 0 aromatic heterocycles. The highest BCUT2D eigenvalue weighted by molar-refractivity contribution is 5.92. The smallest absolute Gasteiger partial charge is 0.323 e. The first kappa shape index (κ1) is 13.8. The van der Waals surface area contributed by atoms with E-state index in [2.05, 4.69) is 10.6 Å². The van der Waals surface area contributed by atoms with Gasteiger partial charge in [-0.1, -0.05) is 0 Å². The van der Waals surface area contributed by atoms with E-state index in [9.17, 15) is 9.59 Å². The zero-order valence-corrected chi connectivity index (χ0v) is 10.5. The number of nitrogens with one attached hydrogen (secondary N) is 2. The van der Waals surface area contributed by atoms with Crippen LogP contribution in [0.3, 0.4) is 0 Å². The summed E-state index contributed by atoms with van der Waals surface area (Å²) in [5.74, 6) is -0.569. The lowest BCUT2D eigenvalue weighted by atomic mass is 10.1. The molecule has 0 aliphatic heterocycles. The predicted molar refractivity (Wildman–Crippen MR) is 67.1 cm³/mol. The third-order valence-electron chi connectivity index (χ3n) is 2.46. The van der Waals surface area contributed by atoms with Crippen LogP contribution in [0, 0.1) is 13.8 Å². The number of ether oxygens (including phenoxy) is 1. The van der Waals surface area contributed by atoms with Gasteiger partial charge < -0.3 is 20.5 Å². The van der Waals surface area contributed by atoms with Gasteiger partial charge in [-0.25, -0.2) is 4.79 Å². The van der Waals surface area contributed by atoms with Crippen molar-refractivity contribution in [3.63, 3.8) is 0 Å². The number of hydrogen-bond acceptors (Lipinski definition) is 3. The van der Waals surface area contributed by atoms with Crippen LogP contribution in [0.4, 0.5) is 10.5 Å². The van der Waals surface area contributed by atoms with E-state index in [1.165, 1.54) is 7.11 Å². The summed E-state index contributed by atoms with van der Waals surface area (Å²) < 4.78 is 5.15. The molecule has 0 bridgehead atoms. The van der Waals surface area contributed by atoms with Crippen molar-refractivity contribution < 1.29 is 19.4 Å². The van der Waals surface area contributed by atoms with Crippen LogP contribution < -0.4 is 15.4 Å². The number of carboxylic acids is 1. The molecule has 6 nitrogen and oxygen atoms in total. The maximum absolute atomic E-state index is 11.4. The van der Waals surface area contributed by atoms with Crippen molar-refractivity contribution >= 4 is 17.7 Å². The van der Waals surface area contributed by atoms with E-state index in [4.69, 9.17) is 9.84 Å². The Morgan fingerprint density at radius 2 is 1.89 bits per heavy atom. The van der Waals surface area contributed by atoms with Crippen LogP contribution in [0.2, 0.25) is 0 Å². The maximum atomic E-state index is 11.4. The summed E-state index contributed by atoms with van der Waals surface area (Å²) in [6, 6.07) is 3.00. The van der Waals surface area contributed by atoms with Crippen LogP contribution in [0.5, 0.6) is 5.75 Å². The van der Waals surface area contributed by atoms with Crippen LogP contribution in [-0.2, 0) is 4.79 Å².